The number of carbonyl (C=O) groups is 1. The average Bonchev–Trinajstić information content (AvgIpc) is 2.55. The van der Waals surface area contributed by atoms with Crippen LogP contribution in [0.2, 0.25) is 0 Å². The lowest BCUT2D eigenvalue weighted by Gasteiger charge is -2.10. The van der Waals surface area contributed by atoms with Gasteiger partial charge in [0.2, 0.25) is 0 Å². The summed E-state index contributed by atoms with van der Waals surface area (Å²) in [5.41, 5.74) is 3.86. The average molecular weight is 321 g/mol. The first-order valence-corrected chi connectivity index (χ1v) is 7.65. The Morgan fingerprint density at radius 3 is 2.50 bits per heavy atom. The minimum Gasteiger partial charge on any atom is -0.326 e. The van der Waals surface area contributed by atoms with Gasteiger partial charge in [-0.25, -0.2) is 4.39 Å². The maximum Gasteiger partial charge on any atom is 0.255 e. The molecule has 0 radical (unpaired) electrons. The molecule has 0 bridgehead atoms. The van der Waals surface area contributed by atoms with Gasteiger partial charge >= 0.3 is 0 Å². The van der Waals surface area contributed by atoms with E-state index >= 15 is 0 Å². The molecule has 0 aliphatic rings. The molecule has 0 atom stereocenters. The van der Waals surface area contributed by atoms with Crippen molar-refractivity contribution < 1.29 is 9.18 Å². The predicted octanol–water partition coefficient (Wildman–Crippen LogP) is 5.04. The van der Waals surface area contributed by atoms with Crippen LogP contribution in [0.1, 0.15) is 28.4 Å². The molecule has 0 aliphatic heterocycles. The highest BCUT2D eigenvalue weighted by molar-refractivity contribution is 5.95. The van der Waals surface area contributed by atoms with E-state index in [9.17, 15) is 9.18 Å². The molecule has 0 saturated carbocycles. The SMILES string of the molecule is C=C/C=C(\C=C(/C)NC(=O)c1ccccc1)c1ccc(F)cc1C. The second-order valence-electron chi connectivity index (χ2n) is 5.46. The van der Waals surface area contributed by atoms with Crippen molar-refractivity contribution in [3.8, 4) is 0 Å². The van der Waals surface area contributed by atoms with E-state index in [1.54, 1.807) is 24.3 Å². The summed E-state index contributed by atoms with van der Waals surface area (Å²) in [6, 6.07) is 13.6. The maximum atomic E-state index is 13.3. The zero-order valence-electron chi connectivity index (χ0n) is 13.8. The van der Waals surface area contributed by atoms with E-state index in [1.807, 2.05) is 44.2 Å². The molecule has 0 heterocycles. The third-order valence-electron chi connectivity index (χ3n) is 3.52. The van der Waals surface area contributed by atoms with Gasteiger partial charge in [0.25, 0.3) is 5.91 Å². The van der Waals surface area contributed by atoms with E-state index in [-0.39, 0.29) is 11.7 Å². The number of halogens is 1. The summed E-state index contributed by atoms with van der Waals surface area (Å²) in [4.78, 5) is 12.2. The molecule has 0 unspecified atom stereocenters. The van der Waals surface area contributed by atoms with Crippen LogP contribution in [-0.2, 0) is 0 Å². The summed E-state index contributed by atoms with van der Waals surface area (Å²) < 4.78 is 13.3. The van der Waals surface area contributed by atoms with Crippen molar-refractivity contribution in [1.82, 2.24) is 5.32 Å². The third kappa shape index (κ3) is 4.53. The molecule has 2 aromatic rings. The highest BCUT2D eigenvalue weighted by atomic mass is 19.1. The minimum atomic E-state index is -0.271. The van der Waals surface area contributed by atoms with Crippen LogP contribution in [0.15, 0.2) is 79.0 Å². The van der Waals surface area contributed by atoms with Gasteiger partial charge in [-0.1, -0.05) is 43.0 Å². The minimum absolute atomic E-state index is 0.168. The second-order valence-corrected chi connectivity index (χ2v) is 5.46. The number of benzene rings is 2. The Bertz CT molecular complexity index is 804. The second kappa shape index (κ2) is 8.06. The van der Waals surface area contributed by atoms with Gasteiger partial charge in [0.05, 0.1) is 0 Å². The van der Waals surface area contributed by atoms with Gasteiger partial charge in [0.15, 0.2) is 0 Å². The molecule has 3 heteroatoms. The van der Waals surface area contributed by atoms with Crippen LogP contribution < -0.4 is 5.32 Å². The fourth-order valence-corrected chi connectivity index (χ4v) is 2.40. The van der Waals surface area contributed by atoms with Gasteiger partial charge in [0, 0.05) is 11.3 Å². The molecule has 0 spiro atoms. The van der Waals surface area contributed by atoms with Crippen LogP contribution in [-0.4, -0.2) is 5.91 Å². The van der Waals surface area contributed by atoms with Crippen molar-refractivity contribution in [2.24, 2.45) is 0 Å². The number of hydrogen-bond donors (Lipinski definition) is 1. The quantitative estimate of drug-likeness (QED) is 0.768. The van der Waals surface area contributed by atoms with Crippen LogP contribution in [0.3, 0.4) is 0 Å². The first-order valence-electron chi connectivity index (χ1n) is 7.65. The van der Waals surface area contributed by atoms with E-state index in [4.69, 9.17) is 0 Å². The van der Waals surface area contributed by atoms with Crippen molar-refractivity contribution in [3.63, 3.8) is 0 Å². The maximum absolute atomic E-state index is 13.3. The van der Waals surface area contributed by atoms with E-state index in [0.717, 1.165) is 16.7 Å². The molecule has 2 rings (SSSR count). The summed E-state index contributed by atoms with van der Waals surface area (Å²) in [5, 5.41) is 2.86. The van der Waals surface area contributed by atoms with Gasteiger partial charge < -0.3 is 5.32 Å². The summed E-state index contributed by atoms with van der Waals surface area (Å²) in [6.07, 6.45) is 5.35. The van der Waals surface area contributed by atoms with E-state index in [2.05, 4.69) is 11.9 Å². The molecule has 0 aromatic heterocycles. The summed E-state index contributed by atoms with van der Waals surface area (Å²) in [6.45, 7) is 7.39. The summed E-state index contributed by atoms with van der Waals surface area (Å²) >= 11 is 0. The predicted molar refractivity (Wildman–Crippen MR) is 97.0 cm³/mol. The van der Waals surface area contributed by atoms with Crippen molar-refractivity contribution in [3.05, 3.63) is 102 Å². The number of nitrogens with one attached hydrogen (secondary N) is 1. The van der Waals surface area contributed by atoms with Crippen molar-refractivity contribution in [1.29, 1.82) is 0 Å². The normalized spacial score (nSPS) is 12.0. The first-order chi connectivity index (χ1) is 11.5. The number of carbonyl (C=O) groups excluding carboxylic acids is 1. The van der Waals surface area contributed by atoms with E-state index in [1.165, 1.54) is 12.1 Å². The Morgan fingerprint density at radius 2 is 1.88 bits per heavy atom. The molecule has 24 heavy (non-hydrogen) atoms. The molecular weight excluding hydrogens is 301 g/mol. The molecule has 0 fully saturated rings. The van der Waals surface area contributed by atoms with Gasteiger partial charge in [-0.2, -0.15) is 0 Å². The lowest BCUT2D eigenvalue weighted by molar-refractivity contribution is 0.0966. The lowest BCUT2D eigenvalue weighted by atomic mass is 9.99. The van der Waals surface area contributed by atoms with Gasteiger partial charge in [-0.3, -0.25) is 4.79 Å². The molecule has 122 valence electrons. The lowest BCUT2D eigenvalue weighted by Crippen LogP contribution is -2.21. The zero-order chi connectivity index (χ0) is 17.5. The standard InChI is InChI=1S/C21H20FNO/c1-4-8-18(20-12-11-19(22)13-15(20)2)14-16(3)23-21(24)17-9-6-5-7-10-17/h4-14H,1H2,2-3H3,(H,23,24)/b16-14+,18-8+. The van der Waals surface area contributed by atoms with Crippen LogP contribution in [0.5, 0.6) is 0 Å². The first kappa shape index (κ1) is 17.4. The highest BCUT2D eigenvalue weighted by Crippen LogP contribution is 2.22. The van der Waals surface area contributed by atoms with Gasteiger partial charge in [-0.15, -0.1) is 0 Å². The Kier molecular flexibility index (Phi) is 5.85. The van der Waals surface area contributed by atoms with E-state index in [0.29, 0.717) is 11.3 Å². The molecule has 1 amide bonds. The number of rotatable bonds is 5. The van der Waals surface area contributed by atoms with Crippen molar-refractivity contribution in [2.45, 2.75) is 13.8 Å². The third-order valence-corrected chi connectivity index (χ3v) is 3.52. The number of hydrogen-bond acceptors (Lipinski definition) is 1. The molecule has 0 saturated heterocycles. The zero-order valence-corrected chi connectivity index (χ0v) is 13.8. The van der Waals surface area contributed by atoms with Crippen LogP contribution in [0.25, 0.3) is 5.57 Å². The molecule has 2 nitrogen and oxygen atoms in total. The van der Waals surface area contributed by atoms with Crippen LogP contribution >= 0.6 is 0 Å². The van der Waals surface area contributed by atoms with Crippen molar-refractivity contribution in [2.75, 3.05) is 0 Å². The largest absolute Gasteiger partial charge is 0.326 e. The number of allylic oxidation sites excluding steroid dienone is 5. The fraction of sp³-hybridized carbons (Fsp3) is 0.0952. The van der Waals surface area contributed by atoms with Crippen molar-refractivity contribution >= 4 is 11.5 Å². The fourth-order valence-electron chi connectivity index (χ4n) is 2.40. The number of amides is 1. The topological polar surface area (TPSA) is 29.1 Å². The van der Waals surface area contributed by atoms with Crippen LogP contribution in [0.4, 0.5) is 4.39 Å². The Hall–Kier alpha value is -2.94. The Morgan fingerprint density at radius 1 is 1.17 bits per heavy atom. The summed E-state index contributed by atoms with van der Waals surface area (Å²) in [5.74, 6) is -0.439. The van der Waals surface area contributed by atoms with Gasteiger partial charge in [-0.05, 0) is 60.9 Å². The monoisotopic (exact) mass is 321 g/mol. The Labute approximate surface area is 142 Å². The molecule has 1 N–H and O–H groups in total. The highest BCUT2D eigenvalue weighted by Gasteiger charge is 2.07. The van der Waals surface area contributed by atoms with E-state index < -0.39 is 0 Å². The number of aryl methyl sites for hydroxylation is 1. The van der Waals surface area contributed by atoms with Crippen LogP contribution in [0, 0.1) is 12.7 Å². The molecule has 2 aromatic carbocycles. The summed E-state index contributed by atoms with van der Waals surface area (Å²) in [7, 11) is 0. The Balaban J connectivity index is 2.26. The smallest absolute Gasteiger partial charge is 0.255 e. The molecular formula is C21H20FNO. The molecule has 0 aliphatic carbocycles. The van der Waals surface area contributed by atoms with Gasteiger partial charge in [0.1, 0.15) is 5.82 Å².